The lowest BCUT2D eigenvalue weighted by atomic mass is 10.2. The van der Waals surface area contributed by atoms with Crippen molar-refractivity contribution in [3.8, 4) is 11.5 Å². The summed E-state index contributed by atoms with van der Waals surface area (Å²) in [5.74, 6) is 0.288. The molecule has 3 rings (SSSR count). The van der Waals surface area contributed by atoms with Crippen LogP contribution in [-0.2, 0) is 4.79 Å². The fraction of sp³-hybridized carbons (Fsp3) is 0.150. The Balaban J connectivity index is 1.79. The van der Waals surface area contributed by atoms with E-state index < -0.39 is 11.8 Å². The van der Waals surface area contributed by atoms with E-state index in [0.29, 0.717) is 33.6 Å². The molecule has 2 aromatic carbocycles. The second-order valence-electron chi connectivity index (χ2n) is 5.81. The number of amides is 2. The van der Waals surface area contributed by atoms with E-state index in [1.54, 1.807) is 49.6 Å². The van der Waals surface area contributed by atoms with Gasteiger partial charge < -0.3 is 9.47 Å². The quantitative estimate of drug-likeness (QED) is 0.525. The first-order chi connectivity index (χ1) is 13.9. The number of methoxy groups -OCH3 is 1. The second-order valence-corrected chi connectivity index (χ2v) is 7.92. The molecule has 0 radical (unpaired) electrons. The molecule has 1 aliphatic heterocycles. The molecule has 0 spiro atoms. The van der Waals surface area contributed by atoms with Gasteiger partial charge in [-0.25, -0.2) is 0 Å². The molecule has 1 N–H and O–H groups in total. The van der Waals surface area contributed by atoms with Gasteiger partial charge in [-0.3, -0.25) is 15.0 Å². The Bertz CT molecular complexity index is 1010. The van der Waals surface area contributed by atoms with Gasteiger partial charge in [-0.15, -0.1) is 0 Å². The molecule has 29 heavy (non-hydrogen) atoms. The van der Waals surface area contributed by atoms with Crippen molar-refractivity contribution in [1.29, 1.82) is 0 Å². The number of thiocarbonyl (C=S) groups is 1. The van der Waals surface area contributed by atoms with Crippen LogP contribution in [0.3, 0.4) is 0 Å². The average molecular weight is 449 g/mol. The Kier molecular flexibility index (Phi) is 6.79. The number of halogens is 1. The van der Waals surface area contributed by atoms with Crippen molar-refractivity contribution in [2.75, 3.05) is 13.7 Å². The molecule has 0 bridgehead atoms. The molecule has 2 aromatic rings. The molecule has 1 fully saturated rings. The minimum absolute atomic E-state index is 0.232. The maximum Gasteiger partial charge on any atom is 0.285 e. The minimum Gasteiger partial charge on any atom is -0.493 e. The van der Waals surface area contributed by atoms with Gasteiger partial charge in [0.1, 0.15) is 0 Å². The molecular formula is C20H17ClN2O4S2. The average Bonchev–Trinajstić information content (AvgIpc) is 2.96. The summed E-state index contributed by atoms with van der Waals surface area (Å²) in [6, 6.07) is 11.8. The molecule has 0 saturated carbocycles. The molecule has 1 aliphatic rings. The fourth-order valence-corrected chi connectivity index (χ4v) is 3.93. The predicted molar refractivity (Wildman–Crippen MR) is 118 cm³/mol. The van der Waals surface area contributed by atoms with E-state index in [4.69, 9.17) is 33.3 Å². The number of hydrazine groups is 1. The van der Waals surface area contributed by atoms with Gasteiger partial charge in [-0.05, 0) is 61.1 Å². The number of nitrogens with one attached hydrogen (secondary N) is 1. The van der Waals surface area contributed by atoms with Crippen LogP contribution in [-0.4, -0.2) is 34.9 Å². The number of ether oxygens (including phenoxy) is 2. The summed E-state index contributed by atoms with van der Waals surface area (Å²) in [7, 11) is 1.56. The van der Waals surface area contributed by atoms with Gasteiger partial charge in [0.2, 0.25) is 0 Å². The van der Waals surface area contributed by atoms with E-state index >= 15 is 0 Å². The second kappa shape index (κ2) is 9.30. The van der Waals surface area contributed by atoms with Crippen molar-refractivity contribution < 1.29 is 19.1 Å². The highest BCUT2D eigenvalue weighted by atomic mass is 35.5. The minimum atomic E-state index is -0.479. The highest BCUT2D eigenvalue weighted by Crippen LogP contribution is 2.34. The molecule has 0 aromatic heterocycles. The molecule has 2 amide bonds. The van der Waals surface area contributed by atoms with E-state index in [9.17, 15) is 9.59 Å². The Morgan fingerprint density at radius 1 is 1.28 bits per heavy atom. The third-order valence-corrected chi connectivity index (χ3v) is 5.42. The fourth-order valence-electron chi connectivity index (χ4n) is 2.56. The zero-order chi connectivity index (χ0) is 21.0. The largest absolute Gasteiger partial charge is 0.493 e. The zero-order valence-corrected chi connectivity index (χ0v) is 18.0. The summed E-state index contributed by atoms with van der Waals surface area (Å²) < 4.78 is 11.1. The summed E-state index contributed by atoms with van der Waals surface area (Å²) in [5.41, 5.74) is 3.60. The van der Waals surface area contributed by atoms with Gasteiger partial charge in [0.25, 0.3) is 11.8 Å². The number of carbonyl (C=O) groups excluding carboxylic acids is 2. The van der Waals surface area contributed by atoms with Crippen molar-refractivity contribution in [1.82, 2.24) is 10.4 Å². The van der Waals surface area contributed by atoms with Gasteiger partial charge in [0, 0.05) is 10.6 Å². The summed E-state index contributed by atoms with van der Waals surface area (Å²) in [6.45, 7) is 2.36. The number of nitrogens with zero attached hydrogens (tertiary/aromatic N) is 1. The Hall–Kier alpha value is -2.55. The van der Waals surface area contributed by atoms with Crippen LogP contribution in [0.15, 0.2) is 47.4 Å². The Labute approximate surface area is 182 Å². The van der Waals surface area contributed by atoms with Crippen molar-refractivity contribution in [3.05, 3.63) is 63.5 Å². The number of thioether (sulfide) groups is 1. The number of hydrogen-bond donors (Lipinski definition) is 1. The van der Waals surface area contributed by atoms with Crippen molar-refractivity contribution in [2.24, 2.45) is 0 Å². The van der Waals surface area contributed by atoms with Crippen LogP contribution >= 0.6 is 35.6 Å². The van der Waals surface area contributed by atoms with Crippen molar-refractivity contribution in [2.45, 2.75) is 6.92 Å². The molecule has 0 unspecified atom stereocenters. The van der Waals surface area contributed by atoms with Crippen LogP contribution in [0.2, 0.25) is 5.02 Å². The van der Waals surface area contributed by atoms with E-state index in [0.717, 1.165) is 22.3 Å². The van der Waals surface area contributed by atoms with Crippen molar-refractivity contribution >= 4 is 57.8 Å². The number of benzene rings is 2. The molecule has 1 saturated heterocycles. The monoisotopic (exact) mass is 448 g/mol. The lowest BCUT2D eigenvalue weighted by Crippen LogP contribution is -2.44. The van der Waals surface area contributed by atoms with E-state index in [1.807, 2.05) is 6.92 Å². The van der Waals surface area contributed by atoms with Gasteiger partial charge in [0.15, 0.2) is 15.8 Å². The lowest BCUT2D eigenvalue weighted by Gasteiger charge is -2.15. The molecule has 1 heterocycles. The van der Waals surface area contributed by atoms with Crippen LogP contribution in [0.5, 0.6) is 11.5 Å². The first kappa shape index (κ1) is 21.2. The van der Waals surface area contributed by atoms with Crippen LogP contribution in [0.1, 0.15) is 22.8 Å². The molecule has 0 aliphatic carbocycles. The van der Waals surface area contributed by atoms with Crippen LogP contribution in [0.25, 0.3) is 6.08 Å². The molecule has 0 atom stereocenters. The maximum atomic E-state index is 12.7. The van der Waals surface area contributed by atoms with Gasteiger partial charge in [-0.1, -0.05) is 35.5 Å². The number of carbonyl (C=O) groups is 2. The molecular weight excluding hydrogens is 432 g/mol. The first-order valence-corrected chi connectivity index (χ1v) is 10.2. The van der Waals surface area contributed by atoms with Gasteiger partial charge >= 0.3 is 0 Å². The predicted octanol–water partition coefficient (Wildman–Crippen LogP) is 4.29. The SMILES string of the molecule is CCOc1cc(/C=C2\SC(=S)N(NC(=O)c3cccc(Cl)c3)C2=O)ccc1OC. The zero-order valence-electron chi connectivity index (χ0n) is 15.6. The highest BCUT2D eigenvalue weighted by Gasteiger charge is 2.33. The van der Waals surface area contributed by atoms with Crippen LogP contribution < -0.4 is 14.9 Å². The van der Waals surface area contributed by atoms with Crippen LogP contribution in [0.4, 0.5) is 0 Å². The smallest absolute Gasteiger partial charge is 0.285 e. The molecule has 6 nitrogen and oxygen atoms in total. The molecule has 150 valence electrons. The summed E-state index contributed by atoms with van der Waals surface area (Å²) >= 11 is 12.3. The summed E-state index contributed by atoms with van der Waals surface area (Å²) in [6.07, 6.45) is 1.69. The van der Waals surface area contributed by atoms with Crippen LogP contribution in [0, 0.1) is 0 Å². The molecule has 9 heteroatoms. The number of hydrogen-bond acceptors (Lipinski definition) is 6. The van der Waals surface area contributed by atoms with E-state index in [1.165, 1.54) is 6.07 Å². The standard InChI is InChI=1S/C20H17ClN2O4S2/c1-3-27-16-9-12(7-8-15(16)26-2)10-17-19(25)23(20(28)29-17)22-18(24)13-5-4-6-14(21)11-13/h4-11H,3H2,1-2H3,(H,22,24)/b17-10-. The lowest BCUT2D eigenvalue weighted by molar-refractivity contribution is -0.123. The van der Waals surface area contributed by atoms with E-state index in [2.05, 4.69) is 5.43 Å². The van der Waals surface area contributed by atoms with E-state index in [-0.39, 0.29) is 4.32 Å². The van der Waals surface area contributed by atoms with Gasteiger partial charge in [0.05, 0.1) is 18.6 Å². The normalized spacial score (nSPS) is 15.0. The van der Waals surface area contributed by atoms with Crippen molar-refractivity contribution in [3.63, 3.8) is 0 Å². The Morgan fingerprint density at radius 3 is 2.76 bits per heavy atom. The maximum absolute atomic E-state index is 12.7. The third kappa shape index (κ3) is 4.90. The topological polar surface area (TPSA) is 67.9 Å². The summed E-state index contributed by atoms with van der Waals surface area (Å²) in [4.78, 5) is 25.5. The third-order valence-electron chi connectivity index (χ3n) is 3.88. The Morgan fingerprint density at radius 2 is 2.07 bits per heavy atom. The van der Waals surface area contributed by atoms with Gasteiger partial charge in [-0.2, -0.15) is 5.01 Å². The summed E-state index contributed by atoms with van der Waals surface area (Å²) in [5, 5.41) is 1.48. The highest BCUT2D eigenvalue weighted by molar-refractivity contribution is 8.26. The number of rotatable bonds is 6. The first-order valence-electron chi connectivity index (χ1n) is 8.58.